The molecule has 0 aliphatic carbocycles. The Morgan fingerprint density at radius 2 is 1.95 bits per heavy atom. The Balaban J connectivity index is 1.47. The van der Waals surface area contributed by atoms with Crippen molar-refractivity contribution in [3.05, 3.63) is 71.1 Å². The van der Waals surface area contributed by atoms with E-state index in [9.17, 15) is 9.65 Å². The molecule has 0 atom stereocenters. The van der Waals surface area contributed by atoms with E-state index < -0.39 is 5.82 Å². The highest BCUT2D eigenvalue weighted by molar-refractivity contribution is 5.79. The predicted molar refractivity (Wildman–Crippen MR) is 137 cm³/mol. The maximum absolute atomic E-state index is 14.1. The smallest absolute Gasteiger partial charge is 0.318 e. The molecule has 6 heterocycles. The minimum absolute atomic E-state index is 0.253. The first-order chi connectivity index (χ1) is 18.0. The third kappa shape index (κ3) is 4.18. The summed E-state index contributed by atoms with van der Waals surface area (Å²) in [6.45, 7) is 6.67. The van der Waals surface area contributed by atoms with Gasteiger partial charge in [-0.1, -0.05) is 12.1 Å². The van der Waals surface area contributed by atoms with Crippen LogP contribution in [0.25, 0.3) is 28.1 Å². The number of aryl methyl sites for hydroxylation is 1. The van der Waals surface area contributed by atoms with Crippen LogP contribution in [0, 0.1) is 30.0 Å². The minimum Gasteiger partial charge on any atom is -0.464 e. The molecule has 1 aromatic carbocycles. The largest absolute Gasteiger partial charge is 0.464 e. The average Bonchev–Trinajstić information content (AvgIpc) is 3.28. The molecule has 9 heteroatoms. The monoisotopic (exact) mass is 495 g/mol. The molecular weight excluding hydrogens is 469 g/mol. The van der Waals surface area contributed by atoms with Gasteiger partial charge in [0.05, 0.1) is 36.7 Å². The normalized spacial score (nSPS) is 15.2. The molecule has 7 rings (SSSR count). The molecular formula is C28H26FN7O. The molecule has 0 unspecified atom stereocenters. The van der Waals surface area contributed by atoms with Gasteiger partial charge in [-0.3, -0.25) is 4.98 Å². The number of pyridine rings is 1. The molecule has 1 saturated heterocycles. The lowest BCUT2D eigenvalue weighted by Crippen LogP contribution is -2.35. The number of aromatic nitrogens is 5. The summed E-state index contributed by atoms with van der Waals surface area (Å²) < 4.78 is 21.6. The summed E-state index contributed by atoms with van der Waals surface area (Å²) in [5.41, 5.74) is 6.15. The van der Waals surface area contributed by atoms with Crippen LogP contribution < -0.4 is 4.74 Å². The average molecular weight is 496 g/mol. The zero-order chi connectivity index (χ0) is 25.5. The number of benzene rings is 1. The van der Waals surface area contributed by atoms with E-state index in [0.29, 0.717) is 52.9 Å². The van der Waals surface area contributed by atoms with Crippen molar-refractivity contribution in [3.8, 4) is 23.5 Å². The van der Waals surface area contributed by atoms with Crippen LogP contribution in [0.15, 0.2) is 42.9 Å². The van der Waals surface area contributed by atoms with E-state index in [0.717, 1.165) is 43.3 Å². The second-order valence-corrected chi connectivity index (χ2v) is 9.49. The van der Waals surface area contributed by atoms with Crippen LogP contribution in [0.4, 0.5) is 4.39 Å². The lowest BCUT2D eigenvalue weighted by atomic mass is 9.81. The minimum atomic E-state index is -0.457. The van der Waals surface area contributed by atoms with Crippen molar-refractivity contribution in [2.24, 2.45) is 5.92 Å². The molecule has 3 aliphatic heterocycles. The van der Waals surface area contributed by atoms with Crippen molar-refractivity contribution in [2.75, 3.05) is 19.7 Å². The molecule has 0 radical (unpaired) electrons. The van der Waals surface area contributed by atoms with E-state index in [4.69, 9.17) is 9.72 Å². The van der Waals surface area contributed by atoms with Gasteiger partial charge in [0.1, 0.15) is 17.2 Å². The summed E-state index contributed by atoms with van der Waals surface area (Å²) >= 11 is 0. The first kappa shape index (κ1) is 23.1. The van der Waals surface area contributed by atoms with Crippen molar-refractivity contribution in [2.45, 2.75) is 33.2 Å². The predicted octanol–water partition coefficient (Wildman–Crippen LogP) is 4.72. The first-order valence-corrected chi connectivity index (χ1v) is 12.5. The summed E-state index contributed by atoms with van der Waals surface area (Å²) in [7, 11) is 0. The molecule has 0 N–H and O–H groups in total. The van der Waals surface area contributed by atoms with E-state index in [-0.39, 0.29) is 6.01 Å². The van der Waals surface area contributed by atoms with Crippen molar-refractivity contribution >= 4 is 16.7 Å². The molecule has 37 heavy (non-hydrogen) atoms. The van der Waals surface area contributed by atoms with Gasteiger partial charge >= 0.3 is 6.01 Å². The quantitative estimate of drug-likeness (QED) is 0.382. The number of piperidine rings is 1. The Labute approximate surface area is 214 Å². The number of ether oxygens (including phenoxy) is 1. The van der Waals surface area contributed by atoms with Crippen LogP contribution >= 0.6 is 0 Å². The van der Waals surface area contributed by atoms with E-state index in [1.165, 1.54) is 11.6 Å². The zero-order valence-corrected chi connectivity index (χ0v) is 20.8. The molecule has 0 spiro atoms. The van der Waals surface area contributed by atoms with Gasteiger partial charge in [0.25, 0.3) is 0 Å². The van der Waals surface area contributed by atoms with E-state index in [1.807, 2.05) is 30.5 Å². The number of hydrogen-bond acceptors (Lipinski definition) is 7. The molecule has 1 fully saturated rings. The number of halogens is 1. The molecule has 186 valence electrons. The summed E-state index contributed by atoms with van der Waals surface area (Å²) in [4.78, 5) is 20.2. The van der Waals surface area contributed by atoms with Gasteiger partial charge < -0.3 is 14.2 Å². The second kappa shape index (κ2) is 9.28. The molecule has 0 saturated carbocycles. The molecule has 3 aliphatic rings. The van der Waals surface area contributed by atoms with Crippen LogP contribution in [0.1, 0.15) is 42.1 Å². The first-order valence-electron chi connectivity index (χ1n) is 12.5. The van der Waals surface area contributed by atoms with E-state index in [1.54, 1.807) is 6.20 Å². The summed E-state index contributed by atoms with van der Waals surface area (Å²) in [6, 6.07) is 10.1. The standard InChI is InChI=1S/C28H26FN7O/c1-3-37-28-32-17(2)25-27(34-28)36(26(33-25)22-11-23(29)14-31-13-22)15-20-5-4-19(10-21(20)12-30)24-16-35-8-6-18(24)7-9-35/h4-5,10-11,13-14,16,18H,3,6-9,15H2,1-2H3. The number of rotatable bonds is 6. The van der Waals surface area contributed by atoms with Crippen LogP contribution in [-0.4, -0.2) is 49.1 Å². The Kier molecular flexibility index (Phi) is 5.80. The molecule has 3 aromatic heterocycles. The number of imidazole rings is 1. The van der Waals surface area contributed by atoms with Gasteiger partial charge in [0.15, 0.2) is 5.65 Å². The zero-order valence-electron chi connectivity index (χ0n) is 20.8. The van der Waals surface area contributed by atoms with Crippen LogP contribution in [0.2, 0.25) is 0 Å². The van der Waals surface area contributed by atoms with Crippen molar-refractivity contribution in [3.63, 3.8) is 0 Å². The highest BCUT2D eigenvalue weighted by Crippen LogP contribution is 2.38. The Morgan fingerprint density at radius 3 is 2.65 bits per heavy atom. The molecule has 0 amide bonds. The maximum atomic E-state index is 14.1. The summed E-state index contributed by atoms with van der Waals surface area (Å²) in [5.74, 6) is 0.589. The fourth-order valence-corrected chi connectivity index (χ4v) is 5.33. The van der Waals surface area contributed by atoms with Gasteiger partial charge in [0.2, 0.25) is 0 Å². The van der Waals surface area contributed by atoms with E-state index in [2.05, 4.69) is 38.2 Å². The van der Waals surface area contributed by atoms with Gasteiger partial charge in [-0.15, -0.1) is 0 Å². The van der Waals surface area contributed by atoms with Crippen LogP contribution in [0.3, 0.4) is 0 Å². The fourth-order valence-electron chi connectivity index (χ4n) is 5.33. The van der Waals surface area contributed by atoms with Crippen molar-refractivity contribution in [1.82, 2.24) is 29.4 Å². The van der Waals surface area contributed by atoms with Crippen molar-refractivity contribution in [1.29, 1.82) is 5.26 Å². The van der Waals surface area contributed by atoms with Crippen LogP contribution in [-0.2, 0) is 6.54 Å². The van der Waals surface area contributed by atoms with Gasteiger partial charge in [-0.05, 0) is 61.4 Å². The number of fused-ring (bicyclic) bond motifs is 3. The highest BCUT2D eigenvalue weighted by atomic mass is 19.1. The maximum Gasteiger partial charge on any atom is 0.318 e. The number of nitrogens with zero attached hydrogens (tertiary/aromatic N) is 7. The third-order valence-corrected chi connectivity index (χ3v) is 7.17. The van der Waals surface area contributed by atoms with Gasteiger partial charge in [-0.25, -0.2) is 9.37 Å². The summed E-state index contributed by atoms with van der Waals surface area (Å²) in [5, 5.41) is 10.1. The number of hydrogen-bond donors (Lipinski definition) is 0. The number of nitriles is 1. The van der Waals surface area contributed by atoms with E-state index >= 15 is 0 Å². The van der Waals surface area contributed by atoms with Crippen LogP contribution in [0.5, 0.6) is 6.01 Å². The summed E-state index contributed by atoms with van der Waals surface area (Å²) in [6.07, 6.45) is 7.29. The topological polar surface area (TPSA) is 92.8 Å². The van der Waals surface area contributed by atoms with Gasteiger partial charge in [0, 0.05) is 31.0 Å². The Bertz CT molecular complexity index is 1580. The lowest BCUT2D eigenvalue weighted by molar-refractivity contribution is 0.252. The van der Waals surface area contributed by atoms with Gasteiger partial charge in [-0.2, -0.15) is 15.2 Å². The fraction of sp³-hybridized carbons (Fsp3) is 0.321. The highest BCUT2D eigenvalue weighted by Gasteiger charge is 2.28. The molecule has 4 aromatic rings. The molecule has 8 nitrogen and oxygen atoms in total. The molecule has 2 bridgehead atoms. The third-order valence-electron chi connectivity index (χ3n) is 7.17. The second-order valence-electron chi connectivity index (χ2n) is 9.49. The Morgan fingerprint density at radius 1 is 1.11 bits per heavy atom. The SMILES string of the molecule is CCOc1nc(C)c2nc(-c3cncc(F)c3)n(Cc3ccc(C4=CN5CCC4CC5)cc3C#N)c2n1. The lowest BCUT2D eigenvalue weighted by Gasteiger charge is -2.39. The Hall–Kier alpha value is -4.32. The van der Waals surface area contributed by atoms with Crippen molar-refractivity contribution < 1.29 is 9.13 Å². The number of allylic oxidation sites excluding steroid dienone is 1.